The molecule has 82 valence electrons. The van der Waals surface area contributed by atoms with Crippen LogP contribution in [0.25, 0.3) is 0 Å². The van der Waals surface area contributed by atoms with E-state index in [1.54, 1.807) is 0 Å². The standard InChI is InChI=1S/C13H17ClO/c1-11-6-5-8-12(10-11)7-3-2-4-9-13(14)15/h5-6,8,10H,2-4,7,9H2,1H3. The molecule has 0 spiro atoms. The smallest absolute Gasteiger partial charge is 0.221 e. The van der Waals surface area contributed by atoms with Gasteiger partial charge in [-0.25, -0.2) is 0 Å². The maximum Gasteiger partial charge on any atom is 0.221 e. The molecule has 0 atom stereocenters. The first kappa shape index (κ1) is 12.3. The maximum absolute atomic E-state index is 10.5. The molecule has 0 fully saturated rings. The van der Waals surface area contributed by atoms with Crippen molar-refractivity contribution in [3.05, 3.63) is 35.4 Å². The Labute approximate surface area is 96.5 Å². The van der Waals surface area contributed by atoms with Gasteiger partial charge in [0.2, 0.25) is 5.24 Å². The fourth-order valence-corrected chi connectivity index (χ4v) is 1.77. The second-order valence-corrected chi connectivity index (χ2v) is 4.33. The van der Waals surface area contributed by atoms with Gasteiger partial charge in [-0.15, -0.1) is 0 Å². The van der Waals surface area contributed by atoms with Gasteiger partial charge in [-0.05, 0) is 43.4 Å². The molecule has 1 aromatic carbocycles. The molecule has 1 rings (SSSR count). The number of hydrogen-bond donors (Lipinski definition) is 0. The molecule has 0 aliphatic heterocycles. The molecular weight excluding hydrogens is 208 g/mol. The van der Waals surface area contributed by atoms with Crippen LogP contribution in [0.1, 0.15) is 36.8 Å². The number of aryl methyl sites for hydroxylation is 2. The third-order valence-corrected chi connectivity index (χ3v) is 2.61. The van der Waals surface area contributed by atoms with E-state index in [0.717, 1.165) is 25.7 Å². The van der Waals surface area contributed by atoms with Gasteiger partial charge in [0, 0.05) is 6.42 Å². The zero-order valence-corrected chi connectivity index (χ0v) is 9.89. The number of halogens is 1. The largest absolute Gasteiger partial charge is 0.281 e. The molecule has 2 heteroatoms. The minimum atomic E-state index is -0.217. The zero-order valence-electron chi connectivity index (χ0n) is 9.13. The van der Waals surface area contributed by atoms with Crippen molar-refractivity contribution in [3.8, 4) is 0 Å². The SMILES string of the molecule is Cc1cccc(CCCCCC(=O)Cl)c1. The van der Waals surface area contributed by atoms with Crippen LogP contribution < -0.4 is 0 Å². The van der Waals surface area contributed by atoms with Gasteiger partial charge in [0.15, 0.2) is 0 Å². The summed E-state index contributed by atoms with van der Waals surface area (Å²) in [5, 5.41) is -0.217. The Morgan fingerprint density at radius 1 is 1.27 bits per heavy atom. The van der Waals surface area contributed by atoms with Crippen LogP contribution in [-0.4, -0.2) is 5.24 Å². The summed E-state index contributed by atoms with van der Waals surface area (Å²) < 4.78 is 0. The Morgan fingerprint density at radius 3 is 2.73 bits per heavy atom. The van der Waals surface area contributed by atoms with Crippen molar-refractivity contribution in [1.29, 1.82) is 0 Å². The highest BCUT2D eigenvalue weighted by atomic mass is 35.5. The van der Waals surface area contributed by atoms with Gasteiger partial charge in [0.05, 0.1) is 0 Å². The lowest BCUT2D eigenvalue weighted by molar-refractivity contribution is -0.111. The molecule has 0 bridgehead atoms. The Morgan fingerprint density at radius 2 is 2.07 bits per heavy atom. The number of carbonyl (C=O) groups is 1. The predicted molar refractivity (Wildman–Crippen MR) is 64.2 cm³/mol. The molecule has 0 saturated carbocycles. The van der Waals surface area contributed by atoms with Crippen molar-refractivity contribution < 1.29 is 4.79 Å². The molecule has 1 aromatic rings. The minimum absolute atomic E-state index is 0.217. The van der Waals surface area contributed by atoms with E-state index in [4.69, 9.17) is 11.6 Å². The van der Waals surface area contributed by atoms with E-state index in [1.165, 1.54) is 11.1 Å². The van der Waals surface area contributed by atoms with Crippen LogP contribution in [0, 0.1) is 6.92 Å². The van der Waals surface area contributed by atoms with Gasteiger partial charge >= 0.3 is 0 Å². The van der Waals surface area contributed by atoms with Gasteiger partial charge in [-0.3, -0.25) is 4.79 Å². The van der Waals surface area contributed by atoms with E-state index in [2.05, 4.69) is 31.2 Å². The molecule has 0 heterocycles. The van der Waals surface area contributed by atoms with Gasteiger partial charge in [-0.1, -0.05) is 36.2 Å². The highest BCUT2D eigenvalue weighted by Gasteiger charge is 1.97. The van der Waals surface area contributed by atoms with Gasteiger partial charge in [0.1, 0.15) is 0 Å². The summed E-state index contributed by atoms with van der Waals surface area (Å²) >= 11 is 5.26. The quantitative estimate of drug-likeness (QED) is 0.530. The molecular formula is C13H17ClO. The summed E-state index contributed by atoms with van der Waals surface area (Å²) in [6.45, 7) is 2.11. The molecule has 0 unspecified atom stereocenters. The number of hydrogen-bond acceptors (Lipinski definition) is 1. The first-order chi connectivity index (χ1) is 7.18. The zero-order chi connectivity index (χ0) is 11.1. The first-order valence-corrected chi connectivity index (χ1v) is 5.80. The minimum Gasteiger partial charge on any atom is -0.281 e. The number of benzene rings is 1. The second-order valence-electron chi connectivity index (χ2n) is 3.90. The Hall–Kier alpha value is -0.820. The van der Waals surface area contributed by atoms with Gasteiger partial charge in [-0.2, -0.15) is 0 Å². The van der Waals surface area contributed by atoms with E-state index in [9.17, 15) is 4.79 Å². The highest BCUT2D eigenvalue weighted by Crippen LogP contribution is 2.10. The van der Waals surface area contributed by atoms with Crippen molar-refractivity contribution >= 4 is 16.8 Å². The average Bonchev–Trinajstić information content (AvgIpc) is 2.17. The van der Waals surface area contributed by atoms with Crippen molar-refractivity contribution in [2.75, 3.05) is 0 Å². The van der Waals surface area contributed by atoms with Crippen LogP contribution >= 0.6 is 11.6 Å². The molecule has 0 N–H and O–H groups in total. The monoisotopic (exact) mass is 224 g/mol. The normalized spacial score (nSPS) is 10.3. The molecule has 1 nitrogen and oxygen atoms in total. The van der Waals surface area contributed by atoms with Gasteiger partial charge in [0.25, 0.3) is 0 Å². The molecule has 0 saturated heterocycles. The summed E-state index contributed by atoms with van der Waals surface area (Å²) in [6.07, 6.45) is 4.72. The molecule has 0 amide bonds. The van der Waals surface area contributed by atoms with Crippen LogP contribution in [-0.2, 0) is 11.2 Å². The lowest BCUT2D eigenvalue weighted by atomic mass is 10.0. The number of unbranched alkanes of at least 4 members (excludes halogenated alkanes) is 2. The molecule has 0 aliphatic carbocycles. The fourth-order valence-electron chi connectivity index (χ4n) is 1.64. The van der Waals surface area contributed by atoms with Crippen molar-refractivity contribution in [3.63, 3.8) is 0 Å². The van der Waals surface area contributed by atoms with Crippen LogP contribution in [0.3, 0.4) is 0 Å². The summed E-state index contributed by atoms with van der Waals surface area (Å²) in [5.74, 6) is 0. The molecule has 0 aliphatic rings. The van der Waals surface area contributed by atoms with Crippen LogP contribution in [0.4, 0.5) is 0 Å². The molecule has 0 radical (unpaired) electrons. The van der Waals surface area contributed by atoms with Gasteiger partial charge < -0.3 is 0 Å². The lowest BCUT2D eigenvalue weighted by Crippen LogP contribution is -1.89. The Kier molecular flexibility index (Phi) is 5.41. The summed E-state index contributed by atoms with van der Waals surface area (Å²) in [5.41, 5.74) is 2.69. The van der Waals surface area contributed by atoms with Crippen molar-refractivity contribution in [2.24, 2.45) is 0 Å². The van der Waals surface area contributed by atoms with E-state index < -0.39 is 0 Å². The second kappa shape index (κ2) is 6.62. The van der Waals surface area contributed by atoms with Crippen LogP contribution in [0.5, 0.6) is 0 Å². The van der Waals surface area contributed by atoms with Crippen LogP contribution in [0.15, 0.2) is 24.3 Å². The third-order valence-electron chi connectivity index (χ3n) is 2.42. The molecule has 0 aromatic heterocycles. The van der Waals surface area contributed by atoms with E-state index in [1.807, 2.05) is 0 Å². The topological polar surface area (TPSA) is 17.1 Å². The Balaban J connectivity index is 2.17. The highest BCUT2D eigenvalue weighted by molar-refractivity contribution is 6.63. The molecule has 15 heavy (non-hydrogen) atoms. The summed E-state index contributed by atoms with van der Waals surface area (Å²) in [7, 11) is 0. The maximum atomic E-state index is 10.5. The lowest BCUT2D eigenvalue weighted by Gasteiger charge is -2.02. The van der Waals surface area contributed by atoms with E-state index >= 15 is 0 Å². The van der Waals surface area contributed by atoms with Crippen molar-refractivity contribution in [2.45, 2.75) is 39.0 Å². The van der Waals surface area contributed by atoms with E-state index in [0.29, 0.717) is 6.42 Å². The van der Waals surface area contributed by atoms with Crippen molar-refractivity contribution in [1.82, 2.24) is 0 Å². The summed E-state index contributed by atoms with van der Waals surface area (Å²) in [4.78, 5) is 10.5. The average molecular weight is 225 g/mol. The Bertz CT molecular complexity index is 320. The number of rotatable bonds is 6. The first-order valence-electron chi connectivity index (χ1n) is 5.42. The number of carbonyl (C=O) groups excluding carboxylic acids is 1. The summed E-state index contributed by atoms with van der Waals surface area (Å²) in [6, 6.07) is 8.56. The van der Waals surface area contributed by atoms with E-state index in [-0.39, 0.29) is 5.24 Å². The third kappa shape index (κ3) is 5.58. The predicted octanol–water partition coefficient (Wildman–Crippen LogP) is 3.86. The van der Waals surface area contributed by atoms with Crippen LogP contribution in [0.2, 0.25) is 0 Å². The fraction of sp³-hybridized carbons (Fsp3) is 0.462.